The summed E-state index contributed by atoms with van der Waals surface area (Å²) in [6, 6.07) is 10.8. The van der Waals surface area contributed by atoms with Crippen LogP contribution in [0.25, 0.3) is 0 Å². The summed E-state index contributed by atoms with van der Waals surface area (Å²) in [5.74, 6) is 0.937. The molecule has 1 aliphatic heterocycles. The van der Waals surface area contributed by atoms with E-state index in [0.29, 0.717) is 11.8 Å². The Morgan fingerprint density at radius 2 is 1.72 bits per heavy atom. The molecule has 2 aliphatic rings. The number of rotatable bonds is 6. The van der Waals surface area contributed by atoms with E-state index in [-0.39, 0.29) is 18.4 Å². The fraction of sp³-hybridized carbons (Fsp3) is 0.667. The van der Waals surface area contributed by atoms with E-state index < -0.39 is 0 Å². The maximum absolute atomic E-state index is 12.9. The highest BCUT2D eigenvalue weighted by Crippen LogP contribution is 2.29. The summed E-state index contributed by atoms with van der Waals surface area (Å²) in [5.41, 5.74) is 1.27. The van der Waals surface area contributed by atoms with Crippen molar-refractivity contribution in [3.05, 3.63) is 35.9 Å². The standard InChI is InChI=1S/C21H32N2O.ClH/c1-22(21(24)16-18-10-4-2-5-11-18)20(17-23-14-8-9-15-23)19-12-6-3-7-13-19;/h3,6-7,12-13,18,20H,2,4-5,8-11,14-17H2,1H3;1H. The molecule has 1 saturated carbocycles. The second kappa shape index (κ2) is 10.2. The van der Waals surface area contributed by atoms with Crippen LogP contribution in [0.1, 0.15) is 63.0 Å². The number of likely N-dealkylation sites (tertiary alicyclic amines) is 1. The Kier molecular flexibility index (Phi) is 8.25. The largest absolute Gasteiger partial charge is 0.337 e. The van der Waals surface area contributed by atoms with Crippen LogP contribution in [-0.2, 0) is 4.79 Å². The van der Waals surface area contributed by atoms with E-state index in [4.69, 9.17) is 0 Å². The Hall–Kier alpha value is -1.06. The van der Waals surface area contributed by atoms with Gasteiger partial charge in [0.05, 0.1) is 6.04 Å². The minimum absolute atomic E-state index is 0. The Bertz CT molecular complexity index is 510. The molecule has 0 N–H and O–H groups in total. The van der Waals surface area contributed by atoms with Gasteiger partial charge in [-0.1, -0.05) is 49.6 Å². The van der Waals surface area contributed by atoms with E-state index in [1.807, 2.05) is 11.9 Å². The number of carbonyl (C=O) groups excluding carboxylic acids is 1. The number of benzene rings is 1. The fourth-order valence-electron chi connectivity index (χ4n) is 4.29. The lowest BCUT2D eigenvalue weighted by atomic mass is 9.86. The lowest BCUT2D eigenvalue weighted by molar-refractivity contribution is -0.133. The number of hydrogen-bond acceptors (Lipinski definition) is 2. The highest BCUT2D eigenvalue weighted by molar-refractivity contribution is 5.85. The van der Waals surface area contributed by atoms with Gasteiger partial charge in [-0.05, 0) is 50.3 Å². The van der Waals surface area contributed by atoms with Crippen LogP contribution in [0.4, 0.5) is 0 Å². The molecule has 3 nitrogen and oxygen atoms in total. The topological polar surface area (TPSA) is 23.6 Å². The maximum atomic E-state index is 12.9. The van der Waals surface area contributed by atoms with Gasteiger partial charge in [0.25, 0.3) is 0 Å². The molecule has 0 aromatic heterocycles. The summed E-state index contributed by atoms with van der Waals surface area (Å²) >= 11 is 0. The van der Waals surface area contributed by atoms with Crippen molar-refractivity contribution in [2.75, 3.05) is 26.7 Å². The number of nitrogens with zero attached hydrogens (tertiary/aromatic N) is 2. The quantitative estimate of drug-likeness (QED) is 0.732. The van der Waals surface area contributed by atoms with Crippen LogP contribution in [0.15, 0.2) is 30.3 Å². The Morgan fingerprint density at radius 3 is 2.36 bits per heavy atom. The molecule has 4 heteroatoms. The molecule has 1 unspecified atom stereocenters. The van der Waals surface area contributed by atoms with Gasteiger partial charge in [-0.3, -0.25) is 4.79 Å². The fourth-order valence-corrected chi connectivity index (χ4v) is 4.29. The zero-order valence-electron chi connectivity index (χ0n) is 15.5. The second-order valence-electron chi connectivity index (χ2n) is 7.65. The monoisotopic (exact) mass is 364 g/mol. The molecule has 1 heterocycles. The van der Waals surface area contributed by atoms with Gasteiger partial charge in [0, 0.05) is 20.0 Å². The van der Waals surface area contributed by atoms with Gasteiger partial charge in [-0.2, -0.15) is 0 Å². The average Bonchev–Trinajstić information content (AvgIpc) is 3.14. The van der Waals surface area contributed by atoms with E-state index in [2.05, 4.69) is 35.2 Å². The molecule has 0 spiro atoms. The van der Waals surface area contributed by atoms with Gasteiger partial charge in [0.2, 0.25) is 5.91 Å². The van der Waals surface area contributed by atoms with Crippen molar-refractivity contribution < 1.29 is 4.79 Å². The first kappa shape index (κ1) is 20.3. The first-order valence-corrected chi connectivity index (χ1v) is 9.77. The van der Waals surface area contributed by atoms with Crippen molar-refractivity contribution in [3.63, 3.8) is 0 Å². The lowest BCUT2D eigenvalue weighted by Crippen LogP contribution is -2.39. The van der Waals surface area contributed by atoms with Crippen LogP contribution >= 0.6 is 12.4 Å². The minimum atomic E-state index is 0. The molecule has 1 amide bonds. The summed E-state index contributed by atoms with van der Waals surface area (Å²) < 4.78 is 0. The zero-order valence-corrected chi connectivity index (χ0v) is 16.3. The summed E-state index contributed by atoms with van der Waals surface area (Å²) in [6.07, 6.45) is 9.75. The summed E-state index contributed by atoms with van der Waals surface area (Å²) in [5, 5.41) is 0. The van der Waals surface area contributed by atoms with Crippen LogP contribution in [0.5, 0.6) is 0 Å². The molecule has 140 valence electrons. The van der Waals surface area contributed by atoms with Crippen molar-refractivity contribution in [2.45, 2.75) is 57.4 Å². The molecule has 0 bridgehead atoms. The Labute approximate surface area is 159 Å². The van der Waals surface area contributed by atoms with E-state index in [1.54, 1.807) is 0 Å². The highest BCUT2D eigenvalue weighted by atomic mass is 35.5. The van der Waals surface area contributed by atoms with Crippen LogP contribution in [-0.4, -0.2) is 42.4 Å². The van der Waals surface area contributed by atoms with Crippen LogP contribution in [0.3, 0.4) is 0 Å². The van der Waals surface area contributed by atoms with Crippen molar-refractivity contribution in [1.82, 2.24) is 9.80 Å². The first-order valence-electron chi connectivity index (χ1n) is 9.77. The lowest BCUT2D eigenvalue weighted by Gasteiger charge is -2.33. The van der Waals surface area contributed by atoms with Gasteiger partial charge in [-0.25, -0.2) is 0 Å². The van der Waals surface area contributed by atoms with E-state index in [0.717, 1.165) is 13.0 Å². The Balaban J connectivity index is 0.00000225. The number of hydrogen-bond donors (Lipinski definition) is 0. The number of amides is 1. The van der Waals surface area contributed by atoms with Crippen molar-refractivity contribution in [2.24, 2.45) is 5.92 Å². The van der Waals surface area contributed by atoms with Gasteiger partial charge < -0.3 is 9.80 Å². The molecular weight excluding hydrogens is 332 g/mol. The SMILES string of the molecule is CN(C(=O)CC1CCCCC1)C(CN1CCCC1)c1ccccc1.Cl. The summed E-state index contributed by atoms with van der Waals surface area (Å²) in [4.78, 5) is 17.5. The number of carbonyl (C=O) groups is 1. The molecule has 2 fully saturated rings. The maximum Gasteiger partial charge on any atom is 0.223 e. The third-order valence-electron chi connectivity index (χ3n) is 5.86. The molecule has 1 aliphatic carbocycles. The molecule has 25 heavy (non-hydrogen) atoms. The normalized spacial score (nSPS) is 20.0. The van der Waals surface area contributed by atoms with Gasteiger partial charge in [0.15, 0.2) is 0 Å². The summed E-state index contributed by atoms with van der Waals surface area (Å²) in [7, 11) is 2.01. The third kappa shape index (κ3) is 5.72. The number of likely N-dealkylation sites (N-methyl/N-ethyl adjacent to an activating group) is 1. The van der Waals surface area contributed by atoms with E-state index in [9.17, 15) is 4.79 Å². The second-order valence-corrected chi connectivity index (χ2v) is 7.65. The average molecular weight is 365 g/mol. The first-order chi connectivity index (χ1) is 11.7. The van der Waals surface area contributed by atoms with Crippen molar-refractivity contribution >= 4 is 18.3 Å². The number of halogens is 1. The Morgan fingerprint density at radius 1 is 1.08 bits per heavy atom. The predicted octanol–water partition coefficient (Wildman–Crippen LogP) is 4.67. The van der Waals surface area contributed by atoms with Gasteiger partial charge in [-0.15, -0.1) is 12.4 Å². The highest BCUT2D eigenvalue weighted by Gasteiger charge is 2.27. The molecular formula is C21H33ClN2O. The van der Waals surface area contributed by atoms with Gasteiger partial charge in [0.1, 0.15) is 0 Å². The van der Waals surface area contributed by atoms with E-state index >= 15 is 0 Å². The van der Waals surface area contributed by atoms with Crippen molar-refractivity contribution in [1.29, 1.82) is 0 Å². The third-order valence-corrected chi connectivity index (χ3v) is 5.86. The molecule has 0 radical (unpaired) electrons. The van der Waals surface area contributed by atoms with Crippen LogP contribution in [0.2, 0.25) is 0 Å². The minimum Gasteiger partial charge on any atom is -0.337 e. The van der Waals surface area contributed by atoms with Crippen LogP contribution in [0, 0.1) is 5.92 Å². The van der Waals surface area contributed by atoms with Gasteiger partial charge >= 0.3 is 0 Å². The smallest absolute Gasteiger partial charge is 0.223 e. The van der Waals surface area contributed by atoms with E-state index in [1.165, 1.54) is 63.6 Å². The molecule has 1 saturated heterocycles. The van der Waals surface area contributed by atoms with Crippen molar-refractivity contribution in [3.8, 4) is 0 Å². The molecule has 1 atom stereocenters. The predicted molar refractivity (Wildman–Crippen MR) is 106 cm³/mol. The molecule has 1 aromatic rings. The van der Waals surface area contributed by atoms with Crippen LogP contribution < -0.4 is 0 Å². The zero-order chi connectivity index (χ0) is 16.8. The molecule has 1 aromatic carbocycles. The summed E-state index contributed by atoms with van der Waals surface area (Å²) in [6.45, 7) is 3.32. The molecule has 3 rings (SSSR count).